The van der Waals surface area contributed by atoms with E-state index in [0.29, 0.717) is 5.41 Å². The molecule has 23 heavy (non-hydrogen) atoms. The molecule has 0 aromatic heterocycles. The Morgan fingerprint density at radius 3 is 2.87 bits per heavy atom. The minimum atomic E-state index is 0.214. The van der Waals surface area contributed by atoms with Crippen LogP contribution in [0.3, 0.4) is 0 Å². The summed E-state index contributed by atoms with van der Waals surface area (Å²) in [7, 11) is 0. The predicted octanol–water partition coefficient (Wildman–Crippen LogP) is 5.10. The monoisotopic (exact) mass is 310 g/mol. The number of benzene rings is 1. The van der Waals surface area contributed by atoms with Gasteiger partial charge in [-0.25, -0.2) is 0 Å². The molecule has 4 rings (SSSR count). The van der Waals surface area contributed by atoms with Crippen molar-refractivity contribution in [3.05, 3.63) is 47.0 Å². The third-order valence-electron chi connectivity index (χ3n) is 7.52. The van der Waals surface area contributed by atoms with Crippen molar-refractivity contribution in [2.45, 2.75) is 58.3 Å². The van der Waals surface area contributed by atoms with Crippen LogP contribution >= 0.6 is 0 Å². The zero-order chi connectivity index (χ0) is 16.0. The number of aliphatic hydroxyl groups excluding tert-OH is 1. The van der Waals surface area contributed by atoms with E-state index < -0.39 is 0 Å². The van der Waals surface area contributed by atoms with E-state index in [2.05, 4.69) is 44.2 Å². The standard InChI is InChI=1S/C22H30O/c1-3-15-14-16-6-4-5-7-18(16)19-10-12-22(2)17(11-13-23)8-9-20(22)21(15)19/h4-7,11,15,19-21,23H,3,8-10,12-14H2,1-2H3/t15-,19+,20-,21+,22+/m0/s1. The Labute approximate surface area is 140 Å². The first-order valence-corrected chi connectivity index (χ1v) is 9.57. The topological polar surface area (TPSA) is 20.2 Å². The van der Waals surface area contributed by atoms with E-state index in [1.807, 2.05) is 0 Å². The van der Waals surface area contributed by atoms with Gasteiger partial charge in [0.05, 0.1) is 6.61 Å². The fourth-order valence-electron chi connectivity index (χ4n) is 6.43. The predicted molar refractivity (Wildman–Crippen MR) is 95.4 cm³/mol. The minimum Gasteiger partial charge on any atom is -0.392 e. The average molecular weight is 310 g/mol. The van der Waals surface area contributed by atoms with Crippen molar-refractivity contribution in [2.75, 3.05) is 6.61 Å². The van der Waals surface area contributed by atoms with Gasteiger partial charge in [-0.1, -0.05) is 56.2 Å². The fraction of sp³-hybridized carbons (Fsp3) is 0.636. The molecule has 5 atom stereocenters. The van der Waals surface area contributed by atoms with E-state index in [0.717, 1.165) is 23.7 Å². The fourth-order valence-corrected chi connectivity index (χ4v) is 6.43. The molecule has 0 radical (unpaired) electrons. The van der Waals surface area contributed by atoms with Gasteiger partial charge in [0.25, 0.3) is 0 Å². The third kappa shape index (κ3) is 2.23. The van der Waals surface area contributed by atoms with Crippen molar-refractivity contribution in [3.63, 3.8) is 0 Å². The largest absolute Gasteiger partial charge is 0.392 e. The van der Waals surface area contributed by atoms with Gasteiger partial charge in [-0.2, -0.15) is 0 Å². The Hall–Kier alpha value is -1.08. The van der Waals surface area contributed by atoms with Gasteiger partial charge in [0, 0.05) is 0 Å². The first kappa shape index (κ1) is 15.4. The lowest BCUT2D eigenvalue weighted by Crippen LogP contribution is -2.44. The molecule has 0 heterocycles. The number of hydrogen-bond donors (Lipinski definition) is 1. The third-order valence-corrected chi connectivity index (χ3v) is 7.52. The van der Waals surface area contributed by atoms with E-state index in [9.17, 15) is 5.11 Å². The van der Waals surface area contributed by atoms with Gasteiger partial charge < -0.3 is 5.11 Å². The first-order valence-electron chi connectivity index (χ1n) is 9.57. The molecule has 0 unspecified atom stereocenters. The Balaban J connectivity index is 1.75. The van der Waals surface area contributed by atoms with Crippen LogP contribution in [0.15, 0.2) is 35.9 Å². The van der Waals surface area contributed by atoms with Gasteiger partial charge in [-0.15, -0.1) is 0 Å². The van der Waals surface area contributed by atoms with Crippen LogP contribution in [0.5, 0.6) is 0 Å². The molecule has 1 aromatic carbocycles. The molecule has 1 N–H and O–H groups in total. The molecular formula is C22H30O. The number of allylic oxidation sites excluding steroid dienone is 1. The van der Waals surface area contributed by atoms with E-state index in [-0.39, 0.29) is 6.61 Å². The Bertz CT molecular complexity index is 616. The molecule has 0 bridgehead atoms. The maximum Gasteiger partial charge on any atom is 0.0615 e. The van der Waals surface area contributed by atoms with Crippen LogP contribution in [0, 0.1) is 23.2 Å². The van der Waals surface area contributed by atoms with Crippen molar-refractivity contribution >= 4 is 0 Å². The normalized spacial score (nSPS) is 40.6. The number of fused-ring (bicyclic) bond motifs is 5. The molecular weight excluding hydrogens is 280 g/mol. The highest BCUT2D eigenvalue weighted by atomic mass is 16.2. The molecule has 3 aliphatic rings. The van der Waals surface area contributed by atoms with Crippen molar-refractivity contribution in [2.24, 2.45) is 23.2 Å². The summed E-state index contributed by atoms with van der Waals surface area (Å²) in [5.41, 5.74) is 5.18. The van der Waals surface area contributed by atoms with E-state index in [1.165, 1.54) is 38.5 Å². The highest BCUT2D eigenvalue weighted by Crippen LogP contribution is 2.64. The van der Waals surface area contributed by atoms with Gasteiger partial charge >= 0.3 is 0 Å². The van der Waals surface area contributed by atoms with Crippen LogP contribution in [0.4, 0.5) is 0 Å². The van der Waals surface area contributed by atoms with Crippen molar-refractivity contribution in [1.82, 2.24) is 0 Å². The highest BCUT2D eigenvalue weighted by molar-refractivity contribution is 5.37. The highest BCUT2D eigenvalue weighted by Gasteiger charge is 2.54. The molecule has 0 spiro atoms. The zero-order valence-corrected chi connectivity index (χ0v) is 14.6. The lowest BCUT2D eigenvalue weighted by atomic mass is 9.52. The lowest BCUT2D eigenvalue weighted by Gasteiger charge is -2.52. The summed E-state index contributed by atoms with van der Waals surface area (Å²) in [4.78, 5) is 0. The second-order valence-corrected chi connectivity index (χ2v) is 8.27. The molecule has 2 fully saturated rings. The second kappa shape index (κ2) is 5.77. The molecule has 1 aromatic rings. The van der Waals surface area contributed by atoms with Crippen molar-refractivity contribution in [1.29, 1.82) is 0 Å². The van der Waals surface area contributed by atoms with Crippen LogP contribution in [0.1, 0.15) is 63.0 Å². The molecule has 2 saturated carbocycles. The van der Waals surface area contributed by atoms with Crippen LogP contribution < -0.4 is 0 Å². The van der Waals surface area contributed by atoms with Crippen molar-refractivity contribution < 1.29 is 5.11 Å². The molecule has 1 nitrogen and oxygen atoms in total. The summed E-state index contributed by atoms with van der Waals surface area (Å²) in [6.07, 6.45) is 9.88. The van der Waals surface area contributed by atoms with E-state index >= 15 is 0 Å². The Morgan fingerprint density at radius 1 is 1.26 bits per heavy atom. The van der Waals surface area contributed by atoms with Gasteiger partial charge in [0.2, 0.25) is 0 Å². The summed E-state index contributed by atoms with van der Waals surface area (Å²) < 4.78 is 0. The lowest BCUT2D eigenvalue weighted by molar-refractivity contribution is 0.0412. The van der Waals surface area contributed by atoms with Gasteiger partial charge in [-0.3, -0.25) is 0 Å². The summed E-state index contributed by atoms with van der Waals surface area (Å²) in [6.45, 7) is 5.10. The molecule has 0 aliphatic heterocycles. The summed E-state index contributed by atoms with van der Waals surface area (Å²) >= 11 is 0. The minimum absolute atomic E-state index is 0.214. The van der Waals surface area contributed by atoms with Crippen molar-refractivity contribution in [3.8, 4) is 0 Å². The summed E-state index contributed by atoms with van der Waals surface area (Å²) in [5.74, 6) is 3.28. The first-order chi connectivity index (χ1) is 11.2. The quantitative estimate of drug-likeness (QED) is 0.754. The van der Waals surface area contributed by atoms with Crippen LogP contribution in [-0.2, 0) is 6.42 Å². The average Bonchev–Trinajstić information content (AvgIpc) is 2.91. The van der Waals surface area contributed by atoms with Crippen LogP contribution in [0.25, 0.3) is 0 Å². The number of hydrogen-bond acceptors (Lipinski definition) is 1. The van der Waals surface area contributed by atoms with E-state index in [4.69, 9.17) is 0 Å². The number of rotatable bonds is 2. The number of aliphatic hydroxyl groups is 1. The summed E-state index contributed by atoms with van der Waals surface area (Å²) in [5, 5.41) is 9.42. The zero-order valence-electron chi connectivity index (χ0n) is 14.6. The Kier molecular flexibility index (Phi) is 3.88. The van der Waals surface area contributed by atoms with Gasteiger partial charge in [-0.05, 0) is 72.3 Å². The summed E-state index contributed by atoms with van der Waals surface area (Å²) in [6, 6.07) is 9.23. The molecule has 124 valence electrons. The molecule has 3 aliphatic carbocycles. The maximum atomic E-state index is 9.42. The van der Waals surface area contributed by atoms with E-state index in [1.54, 1.807) is 16.7 Å². The van der Waals surface area contributed by atoms with Gasteiger partial charge in [0.15, 0.2) is 0 Å². The molecule has 0 amide bonds. The SMILES string of the molecule is CC[C@H]1Cc2ccccc2[C@H]2CC[C@]3(C)C(=CCO)CC[C@H]3[C@H]12. The second-order valence-electron chi connectivity index (χ2n) is 8.27. The van der Waals surface area contributed by atoms with Crippen LogP contribution in [0.2, 0.25) is 0 Å². The Morgan fingerprint density at radius 2 is 2.09 bits per heavy atom. The van der Waals surface area contributed by atoms with Crippen LogP contribution in [-0.4, -0.2) is 11.7 Å². The molecule has 0 saturated heterocycles. The maximum absolute atomic E-state index is 9.42. The molecule has 1 heteroatoms. The smallest absolute Gasteiger partial charge is 0.0615 e. The van der Waals surface area contributed by atoms with Gasteiger partial charge in [0.1, 0.15) is 0 Å².